The Morgan fingerprint density at radius 3 is 2.53 bits per heavy atom. The van der Waals surface area contributed by atoms with E-state index >= 15 is 0 Å². The first-order valence-electron chi connectivity index (χ1n) is 10.9. The van der Waals surface area contributed by atoms with Crippen LogP contribution >= 0.6 is 11.3 Å². The first kappa shape index (κ1) is 22.2. The topological polar surface area (TPSA) is 45.4 Å². The number of fused-ring (bicyclic) bond motifs is 1. The Labute approximate surface area is 193 Å². The summed E-state index contributed by atoms with van der Waals surface area (Å²) in [4.78, 5) is 5.99. The van der Waals surface area contributed by atoms with Crippen LogP contribution in [0.5, 0.6) is 5.75 Å². The third-order valence-electron chi connectivity index (χ3n) is 6.11. The predicted molar refractivity (Wildman–Crippen MR) is 128 cm³/mol. The zero-order valence-electron chi connectivity index (χ0n) is 18.7. The average Bonchev–Trinajstić information content (AvgIpc) is 3.14. The number of hydrogen-bond donors (Lipinski definition) is 0. The van der Waals surface area contributed by atoms with E-state index < -0.39 is 0 Å². The summed E-state index contributed by atoms with van der Waals surface area (Å²) < 4.78 is 18.8. The van der Waals surface area contributed by atoms with Crippen molar-refractivity contribution in [2.75, 3.05) is 0 Å². The molecule has 4 rings (SSSR count). The highest BCUT2D eigenvalue weighted by Crippen LogP contribution is 2.44. The van der Waals surface area contributed by atoms with Gasteiger partial charge in [-0.05, 0) is 83.7 Å². The van der Waals surface area contributed by atoms with Crippen molar-refractivity contribution in [1.82, 2.24) is 0 Å². The molecule has 3 aromatic rings. The van der Waals surface area contributed by atoms with E-state index in [1.54, 1.807) is 23.5 Å². The summed E-state index contributed by atoms with van der Waals surface area (Å²) in [5, 5.41) is 10.5. The van der Waals surface area contributed by atoms with Crippen LogP contribution in [0.1, 0.15) is 54.3 Å². The van der Waals surface area contributed by atoms with E-state index in [1.807, 2.05) is 30.5 Å². The molecule has 0 saturated heterocycles. The monoisotopic (exact) mass is 446 g/mol. The van der Waals surface area contributed by atoms with Gasteiger partial charge in [0.05, 0.1) is 5.56 Å². The molecule has 1 aliphatic carbocycles. The molecular weight excluding hydrogens is 419 g/mol. The highest BCUT2D eigenvalue weighted by atomic mass is 32.1. The Kier molecular flexibility index (Phi) is 6.43. The standard InChI is InChI=1S/C27H27FN2OS/c1-27(2,3)20-8-13-23-24(15-29)26(32-25(23)14-20)30-16-18-6-11-22(12-7-18)31-17-19-4-9-21(28)10-5-19/h4-7,9-12,16,20H,8,13-14,17H2,1-3H3/t20-/m0/s1. The largest absolute Gasteiger partial charge is 0.489 e. The highest BCUT2D eigenvalue weighted by molar-refractivity contribution is 7.16. The average molecular weight is 447 g/mol. The number of rotatable bonds is 5. The molecule has 0 bridgehead atoms. The molecule has 1 aliphatic rings. The number of nitrogens with zero attached hydrogens (tertiary/aromatic N) is 2. The maximum atomic E-state index is 13.0. The lowest BCUT2D eigenvalue weighted by Crippen LogP contribution is -2.26. The van der Waals surface area contributed by atoms with Crippen molar-refractivity contribution in [3.63, 3.8) is 0 Å². The molecule has 0 spiro atoms. The zero-order valence-corrected chi connectivity index (χ0v) is 19.5. The van der Waals surface area contributed by atoms with Crippen LogP contribution in [0.25, 0.3) is 0 Å². The lowest BCUT2D eigenvalue weighted by atomic mass is 9.72. The van der Waals surface area contributed by atoms with Gasteiger partial charge in [-0.2, -0.15) is 5.26 Å². The quantitative estimate of drug-likeness (QED) is 0.388. The number of aliphatic imine (C=N–C) groups is 1. The van der Waals surface area contributed by atoms with Crippen molar-refractivity contribution < 1.29 is 9.13 Å². The summed E-state index contributed by atoms with van der Waals surface area (Å²) >= 11 is 1.66. The first-order valence-corrected chi connectivity index (χ1v) is 11.7. The Bertz CT molecular complexity index is 1150. The van der Waals surface area contributed by atoms with Gasteiger partial charge in [0, 0.05) is 11.1 Å². The van der Waals surface area contributed by atoms with Crippen LogP contribution in [-0.2, 0) is 19.4 Å². The smallest absolute Gasteiger partial charge is 0.134 e. The fourth-order valence-corrected chi connectivity index (χ4v) is 5.27. The molecule has 1 aromatic heterocycles. The maximum Gasteiger partial charge on any atom is 0.134 e. The summed E-state index contributed by atoms with van der Waals surface area (Å²) in [6.07, 6.45) is 4.94. The van der Waals surface area contributed by atoms with Crippen LogP contribution in [0.15, 0.2) is 53.5 Å². The lowest BCUT2D eigenvalue weighted by molar-refractivity contribution is 0.218. The van der Waals surface area contributed by atoms with Crippen LogP contribution in [0.4, 0.5) is 9.39 Å². The van der Waals surface area contributed by atoms with E-state index in [9.17, 15) is 9.65 Å². The maximum absolute atomic E-state index is 13.0. The van der Waals surface area contributed by atoms with Gasteiger partial charge >= 0.3 is 0 Å². The molecule has 2 aromatic carbocycles. The van der Waals surface area contributed by atoms with Crippen molar-refractivity contribution in [3.05, 3.63) is 81.5 Å². The molecule has 32 heavy (non-hydrogen) atoms. The fourth-order valence-electron chi connectivity index (χ4n) is 4.05. The molecule has 0 saturated carbocycles. The van der Waals surface area contributed by atoms with Gasteiger partial charge in [-0.25, -0.2) is 9.38 Å². The van der Waals surface area contributed by atoms with Gasteiger partial charge in [0.2, 0.25) is 0 Å². The minimum atomic E-state index is -0.252. The van der Waals surface area contributed by atoms with E-state index in [1.165, 1.54) is 22.6 Å². The van der Waals surface area contributed by atoms with Gasteiger partial charge in [0.15, 0.2) is 0 Å². The first-order chi connectivity index (χ1) is 15.3. The molecule has 164 valence electrons. The van der Waals surface area contributed by atoms with Gasteiger partial charge in [-0.15, -0.1) is 11.3 Å². The Hall–Kier alpha value is -2.97. The number of halogens is 1. The molecule has 1 atom stereocenters. The number of ether oxygens (including phenoxy) is 1. The second-order valence-corrected chi connectivity index (χ2v) is 10.4. The molecule has 0 unspecified atom stereocenters. The minimum Gasteiger partial charge on any atom is -0.489 e. The summed E-state index contributed by atoms with van der Waals surface area (Å²) in [7, 11) is 0. The molecule has 0 radical (unpaired) electrons. The van der Waals surface area contributed by atoms with Crippen molar-refractivity contribution in [2.45, 2.75) is 46.6 Å². The van der Waals surface area contributed by atoms with Gasteiger partial charge in [0.1, 0.15) is 29.2 Å². The summed E-state index contributed by atoms with van der Waals surface area (Å²) in [6.45, 7) is 7.28. The second-order valence-electron chi connectivity index (χ2n) is 9.34. The molecule has 0 N–H and O–H groups in total. The highest BCUT2D eigenvalue weighted by Gasteiger charge is 2.32. The van der Waals surface area contributed by atoms with E-state index in [4.69, 9.17) is 4.74 Å². The third-order valence-corrected chi connectivity index (χ3v) is 7.28. The molecule has 0 fully saturated rings. The van der Waals surface area contributed by atoms with E-state index in [-0.39, 0.29) is 11.2 Å². The Morgan fingerprint density at radius 1 is 1.16 bits per heavy atom. The fraction of sp³-hybridized carbons (Fsp3) is 0.333. The van der Waals surface area contributed by atoms with Crippen LogP contribution in [-0.4, -0.2) is 6.21 Å². The number of benzene rings is 2. The molecule has 0 aliphatic heterocycles. The van der Waals surface area contributed by atoms with Crippen molar-refractivity contribution >= 4 is 22.6 Å². The summed E-state index contributed by atoms with van der Waals surface area (Å²) in [5.41, 5.74) is 4.08. The predicted octanol–water partition coefficient (Wildman–Crippen LogP) is 7.24. The van der Waals surface area contributed by atoms with E-state index in [0.29, 0.717) is 12.5 Å². The third kappa shape index (κ3) is 5.08. The normalized spacial score (nSPS) is 16.0. The molecule has 0 amide bonds. The van der Waals surface area contributed by atoms with Gasteiger partial charge in [0.25, 0.3) is 0 Å². The molecule has 3 nitrogen and oxygen atoms in total. The van der Waals surface area contributed by atoms with E-state index in [0.717, 1.165) is 46.7 Å². The van der Waals surface area contributed by atoms with Gasteiger partial charge < -0.3 is 4.74 Å². The van der Waals surface area contributed by atoms with Gasteiger partial charge in [-0.1, -0.05) is 32.9 Å². The minimum absolute atomic E-state index is 0.252. The van der Waals surface area contributed by atoms with Crippen LogP contribution in [0.3, 0.4) is 0 Å². The van der Waals surface area contributed by atoms with Crippen molar-refractivity contribution in [2.24, 2.45) is 16.3 Å². The van der Waals surface area contributed by atoms with Crippen LogP contribution in [0.2, 0.25) is 0 Å². The SMILES string of the molecule is CC(C)(C)[C@H]1CCc2c(sc(N=Cc3ccc(OCc4ccc(F)cc4)cc3)c2C#N)C1. The second kappa shape index (κ2) is 9.26. The van der Waals surface area contributed by atoms with Crippen molar-refractivity contribution in [1.29, 1.82) is 5.26 Å². The molecule has 1 heterocycles. The Morgan fingerprint density at radius 2 is 1.88 bits per heavy atom. The Balaban J connectivity index is 1.44. The molecule has 5 heteroatoms. The van der Waals surface area contributed by atoms with Crippen LogP contribution in [0, 0.1) is 28.5 Å². The molecular formula is C27H27FN2OS. The summed E-state index contributed by atoms with van der Waals surface area (Å²) in [6, 6.07) is 16.4. The summed E-state index contributed by atoms with van der Waals surface area (Å²) in [5.74, 6) is 1.13. The number of thiophene rings is 1. The van der Waals surface area contributed by atoms with Crippen LogP contribution < -0.4 is 4.74 Å². The van der Waals surface area contributed by atoms with E-state index in [2.05, 4.69) is 31.8 Å². The number of hydrogen-bond acceptors (Lipinski definition) is 4. The van der Waals surface area contributed by atoms with Gasteiger partial charge in [-0.3, -0.25) is 0 Å². The lowest BCUT2D eigenvalue weighted by Gasteiger charge is -2.33. The zero-order chi connectivity index (χ0) is 22.7. The van der Waals surface area contributed by atoms with Crippen molar-refractivity contribution in [3.8, 4) is 11.8 Å². The number of nitriles is 1.